The summed E-state index contributed by atoms with van der Waals surface area (Å²) in [5, 5.41) is 15.4. The summed E-state index contributed by atoms with van der Waals surface area (Å²) in [6, 6.07) is 0. The molecule has 0 heterocycles. The van der Waals surface area contributed by atoms with Crippen molar-refractivity contribution in [1.29, 1.82) is 0 Å². The third kappa shape index (κ3) is 6.86. The lowest BCUT2D eigenvalue weighted by Crippen LogP contribution is -2.40. The van der Waals surface area contributed by atoms with Crippen molar-refractivity contribution in [3.05, 3.63) is 0 Å². The lowest BCUT2D eigenvalue weighted by molar-refractivity contribution is -0.122. The summed E-state index contributed by atoms with van der Waals surface area (Å²) in [6.45, 7) is 7.51. The van der Waals surface area contributed by atoms with E-state index in [0.717, 1.165) is 6.54 Å². The summed E-state index contributed by atoms with van der Waals surface area (Å²) in [4.78, 5) is 11.2. The average Bonchev–Trinajstić information content (AvgIpc) is 2.16. The predicted molar refractivity (Wildman–Crippen MR) is 57.1 cm³/mol. The zero-order valence-corrected chi connectivity index (χ0v) is 9.39. The summed E-state index contributed by atoms with van der Waals surface area (Å²) >= 11 is 0. The molecule has 0 aromatic heterocycles. The number of carbonyl (C=O) groups excluding carboxylic acids is 1. The highest BCUT2D eigenvalue weighted by Gasteiger charge is 2.17. The van der Waals surface area contributed by atoms with Crippen molar-refractivity contribution in [3.63, 3.8) is 0 Å². The zero-order valence-electron chi connectivity index (χ0n) is 9.39. The SMILES string of the molecule is CCNCCC(=O)NCC(C)(O)CC. The number of carbonyl (C=O) groups is 1. The molecule has 0 saturated carbocycles. The number of rotatable bonds is 7. The van der Waals surface area contributed by atoms with Gasteiger partial charge in [-0.15, -0.1) is 0 Å². The zero-order chi connectivity index (χ0) is 11.0. The molecule has 0 rings (SSSR count). The third-order valence-electron chi connectivity index (χ3n) is 2.21. The molecule has 0 aliphatic rings. The van der Waals surface area contributed by atoms with E-state index in [2.05, 4.69) is 10.6 Å². The van der Waals surface area contributed by atoms with Crippen LogP contribution in [0.3, 0.4) is 0 Å². The summed E-state index contributed by atoms with van der Waals surface area (Å²) in [5.41, 5.74) is -0.784. The van der Waals surface area contributed by atoms with E-state index < -0.39 is 5.60 Å². The van der Waals surface area contributed by atoms with E-state index >= 15 is 0 Å². The fourth-order valence-corrected chi connectivity index (χ4v) is 0.881. The number of aliphatic hydroxyl groups is 1. The first-order valence-electron chi connectivity index (χ1n) is 5.21. The monoisotopic (exact) mass is 202 g/mol. The van der Waals surface area contributed by atoms with Crippen LogP contribution in [0.15, 0.2) is 0 Å². The van der Waals surface area contributed by atoms with Gasteiger partial charge in [0.05, 0.1) is 5.60 Å². The van der Waals surface area contributed by atoms with Gasteiger partial charge in [0.15, 0.2) is 0 Å². The van der Waals surface area contributed by atoms with Crippen molar-refractivity contribution in [3.8, 4) is 0 Å². The van der Waals surface area contributed by atoms with Crippen LogP contribution in [0.4, 0.5) is 0 Å². The Morgan fingerprint density at radius 2 is 2.07 bits per heavy atom. The summed E-state index contributed by atoms with van der Waals surface area (Å²) in [5.74, 6) is -0.0142. The Kier molecular flexibility index (Phi) is 6.49. The Hall–Kier alpha value is -0.610. The standard InChI is InChI=1S/C10H22N2O2/c1-4-10(3,14)8-12-9(13)6-7-11-5-2/h11,14H,4-8H2,1-3H3,(H,12,13). The fourth-order valence-electron chi connectivity index (χ4n) is 0.881. The van der Waals surface area contributed by atoms with E-state index in [0.29, 0.717) is 25.9 Å². The lowest BCUT2D eigenvalue weighted by Gasteiger charge is -2.21. The van der Waals surface area contributed by atoms with Crippen molar-refractivity contribution >= 4 is 5.91 Å². The quantitative estimate of drug-likeness (QED) is 0.519. The van der Waals surface area contributed by atoms with E-state index in [1.807, 2.05) is 13.8 Å². The first-order valence-corrected chi connectivity index (χ1v) is 5.21. The Labute approximate surface area is 86.1 Å². The highest BCUT2D eigenvalue weighted by molar-refractivity contribution is 5.76. The van der Waals surface area contributed by atoms with Gasteiger partial charge in [-0.3, -0.25) is 4.79 Å². The maximum absolute atomic E-state index is 11.2. The molecule has 4 nitrogen and oxygen atoms in total. The summed E-state index contributed by atoms with van der Waals surface area (Å²) < 4.78 is 0. The van der Waals surface area contributed by atoms with Gasteiger partial charge in [0, 0.05) is 19.5 Å². The maximum Gasteiger partial charge on any atom is 0.221 e. The van der Waals surface area contributed by atoms with Crippen LogP contribution in [0.5, 0.6) is 0 Å². The second-order valence-electron chi connectivity index (χ2n) is 3.73. The number of nitrogens with one attached hydrogen (secondary N) is 2. The molecule has 1 unspecified atom stereocenters. The van der Waals surface area contributed by atoms with Gasteiger partial charge in [-0.2, -0.15) is 0 Å². The summed E-state index contributed by atoms with van der Waals surface area (Å²) in [7, 11) is 0. The van der Waals surface area contributed by atoms with E-state index in [4.69, 9.17) is 0 Å². The minimum atomic E-state index is -0.784. The largest absolute Gasteiger partial charge is 0.388 e. The van der Waals surface area contributed by atoms with Crippen molar-refractivity contribution in [2.75, 3.05) is 19.6 Å². The lowest BCUT2D eigenvalue weighted by atomic mass is 10.0. The first-order chi connectivity index (χ1) is 6.52. The molecule has 84 valence electrons. The van der Waals surface area contributed by atoms with E-state index in [1.54, 1.807) is 6.92 Å². The number of hydrogen-bond acceptors (Lipinski definition) is 3. The van der Waals surface area contributed by atoms with Crippen molar-refractivity contribution in [2.45, 2.75) is 39.2 Å². The number of hydrogen-bond donors (Lipinski definition) is 3. The minimum Gasteiger partial charge on any atom is -0.388 e. The van der Waals surface area contributed by atoms with Crippen molar-refractivity contribution < 1.29 is 9.90 Å². The van der Waals surface area contributed by atoms with Gasteiger partial charge in [-0.1, -0.05) is 13.8 Å². The topological polar surface area (TPSA) is 61.4 Å². The van der Waals surface area contributed by atoms with Gasteiger partial charge in [0.1, 0.15) is 0 Å². The molecular formula is C10H22N2O2. The molecule has 3 N–H and O–H groups in total. The molecule has 0 saturated heterocycles. The molecule has 1 amide bonds. The van der Waals surface area contributed by atoms with Crippen molar-refractivity contribution in [1.82, 2.24) is 10.6 Å². The third-order valence-corrected chi connectivity index (χ3v) is 2.21. The molecule has 0 fully saturated rings. The Balaban J connectivity index is 3.53. The van der Waals surface area contributed by atoms with Gasteiger partial charge in [-0.25, -0.2) is 0 Å². The molecule has 0 spiro atoms. The predicted octanol–water partition coefficient (Wildman–Crippen LogP) is 0.263. The van der Waals surface area contributed by atoms with Crippen LogP contribution in [-0.4, -0.2) is 36.2 Å². The Morgan fingerprint density at radius 1 is 1.43 bits per heavy atom. The maximum atomic E-state index is 11.2. The van der Waals surface area contributed by atoms with Crippen LogP contribution in [0, 0.1) is 0 Å². The molecule has 0 bridgehead atoms. The van der Waals surface area contributed by atoms with Crippen LogP contribution in [0.2, 0.25) is 0 Å². The molecule has 1 atom stereocenters. The molecule has 0 aromatic carbocycles. The second kappa shape index (κ2) is 6.79. The molecule has 14 heavy (non-hydrogen) atoms. The second-order valence-corrected chi connectivity index (χ2v) is 3.73. The van der Waals surface area contributed by atoms with Crippen LogP contribution in [0.1, 0.15) is 33.6 Å². The smallest absolute Gasteiger partial charge is 0.221 e. The molecular weight excluding hydrogens is 180 g/mol. The number of amides is 1. The average molecular weight is 202 g/mol. The first kappa shape index (κ1) is 13.4. The van der Waals surface area contributed by atoms with E-state index in [1.165, 1.54) is 0 Å². The van der Waals surface area contributed by atoms with E-state index in [9.17, 15) is 9.90 Å². The molecule has 4 heteroatoms. The van der Waals surface area contributed by atoms with Gasteiger partial charge < -0.3 is 15.7 Å². The highest BCUT2D eigenvalue weighted by Crippen LogP contribution is 2.05. The van der Waals surface area contributed by atoms with Gasteiger partial charge in [0.2, 0.25) is 5.91 Å². The van der Waals surface area contributed by atoms with Gasteiger partial charge in [-0.05, 0) is 19.9 Å². The summed E-state index contributed by atoms with van der Waals surface area (Å²) in [6.07, 6.45) is 1.11. The van der Waals surface area contributed by atoms with E-state index in [-0.39, 0.29) is 5.91 Å². The minimum absolute atomic E-state index is 0.0142. The normalized spacial score (nSPS) is 14.9. The van der Waals surface area contributed by atoms with Crippen LogP contribution in [0.25, 0.3) is 0 Å². The molecule has 0 aliphatic carbocycles. The molecule has 0 aromatic rings. The van der Waals surface area contributed by atoms with Crippen LogP contribution >= 0.6 is 0 Å². The van der Waals surface area contributed by atoms with Crippen LogP contribution < -0.4 is 10.6 Å². The highest BCUT2D eigenvalue weighted by atomic mass is 16.3. The fraction of sp³-hybridized carbons (Fsp3) is 0.900. The van der Waals surface area contributed by atoms with Crippen molar-refractivity contribution in [2.24, 2.45) is 0 Å². The van der Waals surface area contributed by atoms with Gasteiger partial charge >= 0.3 is 0 Å². The molecule has 0 aliphatic heterocycles. The Morgan fingerprint density at radius 3 is 2.57 bits per heavy atom. The molecule has 0 radical (unpaired) electrons. The Bertz CT molecular complexity index is 170. The van der Waals surface area contributed by atoms with Gasteiger partial charge in [0.25, 0.3) is 0 Å². The van der Waals surface area contributed by atoms with Crippen LogP contribution in [-0.2, 0) is 4.79 Å².